The Hall–Kier alpha value is -1.20. The molecule has 0 aromatic rings. The molecule has 0 unspecified atom stereocenters. The van der Waals surface area contributed by atoms with Crippen LogP contribution in [-0.2, 0) is 19.1 Å². The van der Waals surface area contributed by atoms with Crippen molar-refractivity contribution in [2.24, 2.45) is 34.0 Å². The zero-order valence-corrected chi connectivity index (χ0v) is 18.0. The fourth-order valence-corrected chi connectivity index (χ4v) is 6.99. The van der Waals surface area contributed by atoms with E-state index in [9.17, 15) is 14.7 Å². The lowest BCUT2D eigenvalue weighted by molar-refractivity contribution is -0.205. The molecule has 0 saturated heterocycles. The number of aliphatic hydroxyl groups is 1. The maximum atomic E-state index is 13.7. The predicted molar refractivity (Wildman–Crippen MR) is 107 cm³/mol. The molecule has 5 nitrogen and oxygen atoms in total. The van der Waals surface area contributed by atoms with Crippen LogP contribution in [0.2, 0.25) is 0 Å². The zero-order valence-electron chi connectivity index (χ0n) is 18.0. The molecule has 5 heteroatoms. The summed E-state index contributed by atoms with van der Waals surface area (Å²) in [6.45, 7) is 11.8. The molecule has 3 saturated carbocycles. The van der Waals surface area contributed by atoms with Gasteiger partial charge in [0, 0.05) is 36.2 Å². The normalized spacial score (nSPS) is 48.4. The van der Waals surface area contributed by atoms with E-state index in [-0.39, 0.29) is 34.6 Å². The quantitative estimate of drug-likeness (QED) is 0.585. The van der Waals surface area contributed by atoms with Gasteiger partial charge in [-0.3, -0.25) is 4.79 Å². The molecule has 0 aromatic heterocycles. The van der Waals surface area contributed by atoms with E-state index in [0.29, 0.717) is 12.3 Å². The van der Waals surface area contributed by atoms with Crippen molar-refractivity contribution in [1.82, 2.24) is 0 Å². The Morgan fingerprint density at radius 1 is 1.29 bits per heavy atom. The van der Waals surface area contributed by atoms with Crippen LogP contribution < -0.4 is 0 Å². The average Bonchev–Trinajstić information content (AvgIpc) is 3.09. The highest BCUT2D eigenvalue weighted by molar-refractivity contribution is 5.89. The Labute approximate surface area is 168 Å². The van der Waals surface area contributed by atoms with Crippen LogP contribution in [-0.4, -0.2) is 42.8 Å². The topological polar surface area (TPSA) is 72.8 Å². The third-order valence-corrected chi connectivity index (χ3v) is 8.94. The molecule has 0 aliphatic heterocycles. The average molecular weight is 393 g/mol. The van der Waals surface area contributed by atoms with Gasteiger partial charge in [-0.05, 0) is 43.9 Å². The molecule has 158 valence electrons. The number of carbonyl (C=O) groups excluding carboxylic acids is 2. The third kappa shape index (κ3) is 2.80. The smallest absolute Gasteiger partial charge is 0.332 e. The Balaban J connectivity index is 2.22. The first kappa shape index (κ1) is 21.5. The first-order valence-electron chi connectivity index (χ1n) is 10.6. The van der Waals surface area contributed by atoms with Crippen molar-refractivity contribution in [2.75, 3.05) is 13.7 Å². The largest absolute Gasteiger partial charge is 0.460 e. The summed E-state index contributed by atoms with van der Waals surface area (Å²) >= 11 is 0. The van der Waals surface area contributed by atoms with E-state index in [4.69, 9.17) is 9.47 Å². The molecule has 8 atom stereocenters. The summed E-state index contributed by atoms with van der Waals surface area (Å²) < 4.78 is 11.8. The number of aliphatic hydroxyl groups excluding tert-OH is 1. The van der Waals surface area contributed by atoms with Gasteiger partial charge in [-0.15, -0.1) is 6.58 Å². The van der Waals surface area contributed by atoms with Crippen LogP contribution in [0.5, 0.6) is 0 Å². The highest BCUT2D eigenvalue weighted by atomic mass is 16.6. The zero-order chi connectivity index (χ0) is 20.9. The van der Waals surface area contributed by atoms with Crippen LogP contribution in [0.4, 0.5) is 0 Å². The summed E-state index contributed by atoms with van der Waals surface area (Å²) in [6.07, 6.45) is 5.58. The molecule has 28 heavy (non-hydrogen) atoms. The Bertz CT molecular complexity index is 659. The predicted octanol–water partition coefficient (Wildman–Crippen LogP) is 3.54. The number of Topliss-reactive ketones (excluding diaryl/α,β-unsaturated/α-hetero) is 1. The van der Waals surface area contributed by atoms with Gasteiger partial charge >= 0.3 is 5.97 Å². The monoisotopic (exact) mass is 392 g/mol. The minimum atomic E-state index is -0.763. The van der Waals surface area contributed by atoms with Crippen molar-refractivity contribution in [2.45, 2.75) is 72.0 Å². The highest BCUT2D eigenvalue weighted by Gasteiger charge is 2.68. The molecule has 0 heterocycles. The van der Waals surface area contributed by atoms with Gasteiger partial charge in [-0.1, -0.05) is 26.8 Å². The summed E-state index contributed by atoms with van der Waals surface area (Å²) in [6, 6.07) is 0. The Kier molecular flexibility index (Phi) is 5.56. The van der Waals surface area contributed by atoms with Crippen molar-refractivity contribution in [3.63, 3.8) is 0 Å². The summed E-state index contributed by atoms with van der Waals surface area (Å²) in [5.74, 6) is -0.0900. The minimum Gasteiger partial charge on any atom is -0.460 e. The van der Waals surface area contributed by atoms with E-state index < -0.39 is 24.1 Å². The highest BCUT2D eigenvalue weighted by Crippen LogP contribution is 2.68. The van der Waals surface area contributed by atoms with Crippen molar-refractivity contribution in [3.8, 4) is 0 Å². The second-order valence-corrected chi connectivity index (χ2v) is 9.88. The number of ether oxygens (including phenoxy) is 2. The van der Waals surface area contributed by atoms with Crippen LogP contribution in [0.3, 0.4) is 0 Å². The van der Waals surface area contributed by atoms with Crippen LogP contribution in [0, 0.1) is 34.0 Å². The number of methoxy groups -OCH3 is 1. The lowest BCUT2D eigenvalue weighted by Crippen LogP contribution is -2.63. The molecule has 2 bridgehead atoms. The number of hydrogen-bond donors (Lipinski definition) is 1. The molecule has 0 aromatic carbocycles. The van der Waals surface area contributed by atoms with Gasteiger partial charge in [0.25, 0.3) is 0 Å². The summed E-state index contributed by atoms with van der Waals surface area (Å²) in [5, 5.41) is 9.35. The van der Waals surface area contributed by atoms with Gasteiger partial charge in [-0.25, -0.2) is 4.79 Å². The molecule has 1 N–H and O–H groups in total. The third-order valence-electron chi connectivity index (χ3n) is 8.94. The van der Waals surface area contributed by atoms with Gasteiger partial charge in [0.15, 0.2) is 0 Å². The van der Waals surface area contributed by atoms with Gasteiger partial charge in [0.1, 0.15) is 18.5 Å². The number of allylic oxidation sites excluding steroid dienone is 1. The van der Waals surface area contributed by atoms with E-state index in [1.165, 1.54) is 0 Å². The Morgan fingerprint density at radius 3 is 2.50 bits per heavy atom. The summed E-state index contributed by atoms with van der Waals surface area (Å²) in [4.78, 5) is 25.8. The van der Waals surface area contributed by atoms with E-state index in [0.717, 1.165) is 25.7 Å². The van der Waals surface area contributed by atoms with E-state index >= 15 is 0 Å². The van der Waals surface area contributed by atoms with Gasteiger partial charge in [-0.2, -0.15) is 0 Å². The molecular formula is C23H36O5. The molecule has 3 aliphatic carbocycles. The first-order chi connectivity index (χ1) is 13.1. The van der Waals surface area contributed by atoms with Crippen LogP contribution in [0.15, 0.2) is 12.7 Å². The Morgan fingerprint density at radius 2 is 1.93 bits per heavy atom. The maximum absolute atomic E-state index is 13.7. The second-order valence-electron chi connectivity index (χ2n) is 9.88. The first-order valence-corrected chi connectivity index (χ1v) is 10.6. The molecule has 0 radical (unpaired) electrons. The summed E-state index contributed by atoms with van der Waals surface area (Å²) in [7, 11) is 1.75. The molecule has 3 fully saturated rings. The lowest BCUT2D eigenvalue weighted by atomic mass is 9.44. The van der Waals surface area contributed by atoms with E-state index in [2.05, 4.69) is 27.4 Å². The fraction of sp³-hybridized carbons (Fsp3) is 0.826. The molecular weight excluding hydrogens is 356 g/mol. The number of hydrogen-bond acceptors (Lipinski definition) is 5. The lowest BCUT2D eigenvalue weighted by Gasteiger charge is -2.61. The van der Waals surface area contributed by atoms with Crippen LogP contribution in [0.25, 0.3) is 0 Å². The van der Waals surface area contributed by atoms with Crippen molar-refractivity contribution < 1.29 is 24.2 Å². The maximum Gasteiger partial charge on any atom is 0.332 e. The second kappa shape index (κ2) is 7.24. The van der Waals surface area contributed by atoms with Gasteiger partial charge in [0.2, 0.25) is 0 Å². The molecule has 3 aliphatic rings. The van der Waals surface area contributed by atoms with E-state index in [1.807, 2.05) is 6.92 Å². The standard InChI is InChI=1S/C23H36O5/c1-7-21(4)12-17(28-18(25)13-24)22(5)14(2)8-10-23(15(3)20(21)26)11-9-16(27-6)19(22)23/h7,14-17,19,24H,1,8-13H2,2-6H3/t14-,15-,16+,17+,19+,21+,22-,23-/m0/s1. The van der Waals surface area contributed by atoms with Crippen molar-refractivity contribution >= 4 is 11.8 Å². The van der Waals surface area contributed by atoms with E-state index in [1.54, 1.807) is 13.2 Å². The summed E-state index contributed by atoms with van der Waals surface area (Å²) in [5.41, 5.74) is -1.24. The van der Waals surface area contributed by atoms with Crippen molar-refractivity contribution in [3.05, 3.63) is 12.7 Å². The fourth-order valence-electron chi connectivity index (χ4n) is 6.99. The van der Waals surface area contributed by atoms with Crippen LogP contribution >= 0.6 is 0 Å². The number of esters is 1. The number of ketones is 1. The molecule has 0 spiro atoms. The molecule has 3 rings (SSSR count). The number of carbonyl (C=O) groups is 2. The number of rotatable bonds is 4. The molecule has 0 amide bonds. The van der Waals surface area contributed by atoms with Gasteiger partial charge in [0.05, 0.1) is 6.10 Å². The van der Waals surface area contributed by atoms with Gasteiger partial charge < -0.3 is 14.6 Å². The minimum absolute atomic E-state index is 0.0476. The van der Waals surface area contributed by atoms with Crippen LogP contribution in [0.1, 0.15) is 59.8 Å². The SMILES string of the molecule is C=C[C@]1(C)C[C@@H](OC(=O)CO)[C@]2(C)[C@@H](C)CC[C@]3(CC[C@@H](OC)[C@@H]32)[C@@H](C)C1=O. The van der Waals surface area contributed by atoms with Crippen molar-refractivity contribution in [1.29, 1.82) is 0 Å².